The van der Waals surface area contributed by atoms with Gasteiger partial charge in [0.15, 0.2) is 0 Å². The zero-order valence-electron chi connectivity index (χ0n) is 13.6. The number of nitrogens with zero attached hydrogens (tertiary/aromatic N) is 3. The number of hydrogen-bond donors (Lipinski definition) is 2. The molecular weight excluding hydrogens is 320 g/mol. The summed E-state index contributed by atoms with van der Waals surface area (Å²) in [5.74, 6) is -0.549. The molecule has 1 fully saturated rings. The van der Waals surface area contributed by atoms with Crippen molar-refractivity contribution in [3.05, 3.63) is 47.8 Å². The summed E-state index contributed by atoms with van der Waals surface area (Å²) in [6.45, 7) is 0. The number of carboxylic acid groups (broad SMARTS) is 1. The topological polar surface area (TPSA) is 101 Å². The quantitative estimate of drug-likeness (QED) is 0.758. The van der Waals surface area contributed by atoms with Gasteiger partial charge in [0.25, 0.3) is 5.88 Å². The largest absolute Gasteiger partial charge is 0.476 e. The zero-order chi connectivity index (χ0) is 17.2. The first-order valence-electron chi connectivity index (χ1n) is 8.36. The normalized spacial score (nSPS) is 20.5. The lowest BCUT2D eigenvalue weighted by Crippen LogP contribution is -2.24. The van der Waals surface area contributed by atoms with Crippen molar-refractivity contribution < 1.29 is 14.6 Å². The van der Waals surface area contributed by atoms with Crippen LogP contribution < -0.4 is 4.74 Å². The van der Waals surface area contributed by atoms with Crippen LogP contribution in [0.5, 0.6) is 5.88 Å². The highest BCUT2D eigenvalue weighted by Crippen LogP contribution is 2.35. The van der Waals surface area contributed by atoms with E-state index in [0.29, 0.717) is 5.92 Å². The first kappa shape index (κ1) is 15.6. The van der Waals surface area contributed by atoms with E-state index < -0.39 is 5.97 Å². The Balaban J connectivity index is 1.42. The van der Waals surface area contributed by atoms with Gasteiger partial charge < -0.3 is 9.84 Å². The Morgan fingerprint density at radius 2 is 2.04 bits per heavy atom. The summed E-state index contributed by atoms with van der Waals surface area (Å²) in [5, 5.41) is 19.8. The lowest BCUT2D eigenvalue weighted by Gasteiger charge is -2.28. The van der Waals surface area contributed by atoms with Gasteiger partial charge in [-0.1, -0.05) is 22.4 Å². The van der Waals surface area contributed by atoms with Crippen LogP contribution in [-0.2, 0) is 0 Å². The second kappa shape index (κ2) is 6.51. The minimum atomic E-state index is -1.11. The Morgan fingerprint density at radius 1 is 1.20 bits per heavy atom. The predicted octanol–water partition coefficient (Wildman–Crippen LogP) is 3.16. The Morgan fingerprint density at radius 3 is 2.84 bits per heavy atom. The fourth-order valence-corrected chi connectivity index (χ4v) is 3.46. The van der Waals surface area contributed by atoms with Crippen LogP contribution in [-0.4, -0.2) is 37.6 Å². The van der Waals surface area contributed by atoms with E-state index in [-0.39, 0.29) is 17.7 Å². The van der Waals surface area contributed by atoms with E-state index in [1.165, 1.54) is 5.56 Å². The molecule has 0 aliphatic heterocycles. The first-order chi connectivity index (χ1) is 12.2. The number of rotatable bonds is 4. The van der Waals surface area contributed by atoms with E-state index in [4.69, 9.17) is 9.84 Å². The minimum absolute atomic E-state index is 0.0263. The van der Waals surface area contributed by atoms with E-state index in [0.717, 1.165) is 36.6 Å². The van der Waals surface area contributed by atoms with E-state index in [1.54, 1.807) is 6.20 Å². The second-order valence-corrected chi connectivity index (χ2v) is 6.34. The number of aromatic carboxylic acids is 1. The van der Waals surface area contributed by atoms with Crippen LogP contribution in [0.1, 0.15) is 47.7 Å². The second-order valence-electron chi connectivity index (χ2n) is 6.34. The van der Waals surface area contributed by atoms with Gasteiger partial charge in [-0.05, 0) is 55.4 Å². The average molecular weight is 338 g/mol. The third-order valence-corrected chi connectivity index (χ3v) is 4.78. The lowest BCUT2D eigenvalue weighted by molar-refractivity contribution is 0.0678. The van der Waals surface area contributed by atoms with E-state index >= 15 is 0 Å². The summed E-state index contributed by atoms with van der Waals surface area (Å²) in [6, 6.07) is 10.5. The van der Waals surface area contributed by atoms with Crippen LogP contribution in [0.3, 0.4) is 0 Å². The fourth-order valence-electron chi connectivity index (χ4n) is 3.46. The van der Waals surface area contributed by atoms with Crippen LogP contribution in [0.2, 0.25) is 0 Å². The molecule has 0 atom stereocenters. The van der Waals surface area contributed by atoms with Crippen molar-refractivity contribution in [3.63, 3.8) is 0 Å². The molecule has 0 unspecified atom stereocenters. The predicted molar refractivity (Wildman–Crippen MR) is 90.7 cm³/mol. The summed E-state index contributed by atoms with van der Waals surface area (Å²) >= 11 is 0. The van der Waals surface area contributed by atoms with Crippen LogP contribution in [0.25, 0.3) is 10.9 Å². The van der Waals surface area contributed by atoms with Crippen LogP contribution in [0.15, 0.2) is 36.5 Å². The van der Waals surface area contributed by atoms with Gasteiger partial charge in [0.1, 0.15) is 6.10 Å². The molecule has 1 aliphatic carbocycles. The molecule has 0 bridgehead atoms. The molecule has 2 N–H and O–H groups in total. The number of hydrogen-bond acceptors (Lipinski definition) is 5. The number of pyridine rings is 1. The highest BCUT2D eigenvalue weighted by Gasteiger charge is 2.26. The summed E-state index contributed by atoms with van der Waals surface area (Å²) in [4.78, 5) is 15.4. The number of carboxylic acids is 1. The molecule has 1 saturated carbocycles. The van der Waals surface area contributed by atoms with E-state index in [9.17, 15) is 4.79 Å². The van der Waals surface area contributed by atoms with Crippen molar-refractivity contribution in [3.8, 4) is 5.88 Å². The molecule has 25 heavy (non-hydrogen) atoms. The molecule has 4 rings (SSSR count). The molecule has 0 radical (unpaired) electrons. The summed E-state index contributed by atoms with van der Waals surface area (Å²) in [6.07, 6.45) is 5.50. The number of benzene rings is 1. The number of nitrogens with one attached hydrogen (secondary N) is 1. The molecule has 1 aliphatic rings. The molecule has 0 saturated heterocycles. The molecule has 0 amide bonds. The Kier molecular flexibility index (Phi) is 4.05. The van der Waals surface area contributed by atoms with Crippen LogP contribution in [0, 0.1) is 0 Å². The highest BCUT2D eigenvalue weighted by molar-refractivity contribution is 5.87. The Bertz CT molecular complexity index is 900. The maximum Gasteiger partial charge on any atom is 0.359 e. The van der Waals surface area contributed by atoms with Gasteiger partial charge in [-0.15, -0.1) is 0 Å². The molecule has 3 aromatic rings. The summed E-state index contributed by atoms with van der Waals surface area (Å²) in [5.41, 5.74) is 2.24. The van der Waals surface area contributed by atoms with Gasteiger partial charge in [0.05, 0.1) is 5.52 Å². The minimum Gasteiger partial charge on any atom is -0.476 e. The lowest BCUT2D eigenvalue weighted by atomic mass is 9.82. The number of fused-ring (bicyclic) bond motifs is 1. The van der Waals surface area contributed by atoms with Crippen molar-refractivity contribution in [1.82, 2.24) is 20.4 Å². The first-order valence-corrected chi connectivity index (χ1v) is 8.36. The Labute approximate surface area is 144 Å². The van der Waals surface area contributed by atoms with Crippen molar-refractivity contribution in [2.45, 2.75) is 37.7 Å². The molecule has 128 valence electrons. The van der Waals surface area contributed by atoms with Gasteiger partial charge in [0, 0.05) is 11.6 Å². The standard InChI is InChI=1S/C18H18N4O3/c23-18(24)16-17(21-22-20-16)25-14-6-3-11(4-7-14)12-5-8-15-13(10-12)2-1-9-19-15/h1-2,5,8-11,14H,3-4,6-7H2,(H,23,24)(H,20,21,22). The monoisotopic (exact) mass is 338 g/mol. The molecular formula is C18H18N4O3. The third-order valence-electron chi connectivity index (χ3n) is 4.78. The highest BCUT2D eigenvalue weighted by atomic mass is 16.5. The van der Waals surface area contributed by atoms with Gasteiger partial charge in [0.2, 0.25) is 5.69 Å². The van der Waals surface area contributed by atoms with Crippen molar-refractivity contribution >= 4 is 16.9 Å². The van der Waals surface area contributed by atoms with Crippen molar-refractivity contribution in [2.75, 3.05) is 0 Å². The zero-order valence-corrected chi connectivity index (χ0v) is 13.6. The fraction of sp³-hybridized carbons (Fsp3) is 0.333. The van der Waals surface area contributed by atoms with Crippen molar-refractivity contribution in [1.29, 1.82) is 0 Å². The summed E-state index contributed by atoms with van der Waals surface area (Å²) in [7, 11) is 0. The van der Waals surface area contributed by atoms with Gasteiger partial charge in [-0.3, -0.25) is 4.98 Å². The molecule has 7 heteroatoms. The maximum atomic E-state index is 11.1. The number of carbonyl (C=O) groups is 1. The van der Waals surface area contributed by atoms with Crippen LogP contribution >= 0.6 is 0 Å². The molecule has 0 spiro atoms. The summed E-state index contributed by atoms with van der Waals surface area (Å²) < 4.78 is 5.75. The number of aromatic amines is 1. The Hall–Kier alpha value is -2.96. The molecule has 2 aromatic heterocycles. The molecule has 2 heterocycles. The van der Waals surface area contributed by atoms with E-state index in [1.807, 2.05) is 6.07 Å². The third kappa shape index (κ3) is 3.17. The van der Waals surface area contributed by atoms with Crippen molar-refractivity contribution in [2.24, 2.45) is 0 Å². The number of aromatic nitrogens is 4. The number of ether oxygens (including phenoxy) is 1. The molecule has 1 aromatic carbocycles. The maximum absolute atomic E-state index is 11.1. The SMILES string of the molecule is O=C(O)c1[nH]nnc1OC1CCC(c2ccc3ncccc3c2)CC1. The smallest absolute Gasteiger partial charge is 0.359 e. The van der Waals surface area contributed by atoms with Crippen LogP contribution in [0.4, 0.5) is 0 Å². The van der Waals surface area contributed by atoms with Gasteiger partial charge in [-0.25, -0.2) is 9.89 Å². The average Bonchev–Trinajstić information content (AvgIpc) is 3.10. The van der Waals surface area contributed by atoms with E-state index in [2.05, 4.69) is 44.7 Å². The van der Waals surface area contributed by atoms with Gasteiger partial charge in [-0.2, -0.15) is 0 Å². The molecule has 7 nitrogen and oxygen atoms in total. The number of H-pyrrole nitrogens is 1. The van der Waals surface area contributed by atoms with Gasteiger partial charge >= 0.3 is 5.97 Å².